The van der Waals surface area contributed by atoms with Gasteiger partial charge in [-0.2, -0.15) is 0 Å². The molecular formula is C16H29N3O2. The van der Waals surface area contributed by atoms with Crippen LogP contribution in [0.2, 0.25) is 0 Å². The molecule has 1 aliphatic heterocycles. The summed E-state index contributed by atoms with van der Waals surface area (Å²) in [5, 5.41) is 3.36. The van der Waals surface area contributed by atoms with E-state index < -0.39 is 0 Å². The Morgan fingerprint density at radius 2 is 1.86 bits per heavy atom. The quantitative estimate of drug-likeness (QED) is 0.805. The number of amides is 1. The molecule has 3 unspecified atom stereocenters. The molecule has 3 aliphatic rings. The Morgan fingerprint density at radius 3 is 2.48 bits per heavy atom. The Labute approximate surface area is 127 Å². The highest BCUT2D eigenvalue weighted by molar-refractivity contribution is 5.81. The molecule has 3 atom stereocenters. The van der Waals surface area contributed by atoms with Gasteiger partial charge >= 0.3 is 0 Å². The van der Waals surface area contributed by atoms with E-state index in [1.165, 1.54) is 19.3 Å². The molecule has 3 N–H and O–H groups in total. The van der Waals surface area contributed by atoms with Crippen molar-refractivity contribution in [3.05, 3.63) is 0 Å². The van der Waals surface area contributed by atoms with Gasteiger partial charge in [-0.05, 0) is 44.4 Å². The lowest BCUT2D eigenvalue weighted by Crippen LogP contribution is -2.58. The minimum absolute atomic E-state index is 0.0507. The molecule has 5 heteroatoms. The van der Waals surface area contributed by atoms with Gasteiger partial charge in [0.15, 0.2) is 0 Å². The molecule has 2 aliphatic carbocycles. The van der Waals surface area contributed by atoms with Crippen LogP contribution in [0.15, 0.2) is 0 Å². The number of fused-ring (bicyclic) bond motifs is 2. The maximum Gasteiger partial charge on any atom is 0.237 e. The van der Waals surface area contributed by atoms with Crippen LogP contribution < -0.4 is 11.1 Å². The van der Waals surface area contributed by atoms with E-state index in [4.69, 9.17) is 10.5 Å². The third kappa shape index (κ3) is 3.41. The summed E-state index contributed by atoms with van der Waals surface area (Å²) < 4.78 is 5.36. The van der Waals surface area contributed by atoms with Gasteiger partial charge in [-0.25, -0.2) is 0 Å². The number of nitrogens with zero attached hydrogens (tertiary/aromatic N) is 1. The molecular weight excluding hydrogens is 266 g/mol. The standard InChI is InChI=1S/C16H29N3O2/c1-11(19-5-7-21-8-6-19)16(20)18-15-12-3-2-4-13(15)10-14(17)9-12/h11-15H,2-10,17H2,1H3,(H,18,20). The highest BCUT2D eigenvalue weighted by Crippen LogP contribution is 2.39. The van der Waals surface area contributed by atoms with Crippen LogP contribution in [0.25, 0.3) is 0 Å². The fraction of sp³-hybridized carbons (Fsp3) is 0.938. The Kier molecular flexibility index (Phi) is 4.82. The van der Waals surface area contributed by atoms with Crippen LogP contribution in [0.1, 0.15) is 39.0 Å². The zero-order chi connectivity index (χ0) is 14.8. The second-order valence-corrected chi connectivity index (χ2v) is 7.04. The lowest BCUT2D eigenvalue weighted by Gasteiger charge is -2.46. The van der Waals surface area contributed by atoms with Gasteiger partial charge in [-0.3, -0.25) is 9.69 Å². The van der Waals surface area contributed by atoms with Gasteiger partial charge in [0, 0.05) is 25.2 Å². The van der Waals surface area contributed by atoms with Crippen molar-refractivity contribution < 1.29 is 9.53 Å². The van der Waals surface area contributed by atoms with Crippen LogP contribution in [-0.2, 0) is 9.53 Å². The third-order valence-electron chi connectivity index (χ3n) is 5.66. The summed E-state index contributed by atoms with van der Waals surface area (Å²) in [7, 11) is 0. The van der Waals surface area contributed by atoms with Gasteiger partial charge in [0.25, 0.3) is 0 Å². The fourth-order valence-corrected chi connectivity index (χ4v) is 4.44. The van der Waals surface area contributed by atoms with Crippen molar-refractivity contribution in [3.63, 3.8) is 0 Å². The molecule has 1 saturated heterocycles. The third-order valence-corrected chi connectivity index (χ3v) is 5.66. The fourth-order valence-electron chi connectivity index (χ4n) is 4.44. The predicted octanol–water partition coefficient (Wildman–Crippen LogP) is 0.729. The summed E-state index contributed by atoms with van der Waals surface area (Å²) in [5.41, 5.74) is 6.16. The first-order chi connectivity index (χ1) is 10.1. The van der Waals surface area contributed by atoms with E-state index in [9.17, 15) is 4.79 Å². The first kappa shape index (κ1) is 15.3. The van der Waals surface area contributed by atoms with Gasteiger partial charge < -0.3 is 15.8 Å². The van der Waals surface area contributed by atoms with Crippen molar-refractivity contribution in [2.75, 3.05) is 26.3 Å². The molecule has 0 aromatic rings. The molecule has 0 aromatic carbocycles. The van der Waals surface area contributed by atoms with Crippen molar-refractivity contribution in [2.24, 2.45) is 17.6 Å². The van der Waals surface area contributed by atoms with Crippen molar-refractivity contribution in [1.82, 2.24) is 10.2 Å². The summed E-state index contributed by atoms with van der Waals surface area (Å²) in [6.45, 7) is 5.21. The zero-order valence-electron chi connectivity index (χ0n) is 13.1. The zero-order valence-corrected chi connectivity index (χ0v) is 13.1. The molecule has 1 heterocycles. The molecule has 2 saturated carbocycles. The van der Waals surface area contributed by atoms with Crippen LogP contribution in [0.5, 0.6) is 0 Å². The molecule has 5 nitrogen and oxygen atoms in total. The monoisotopic (exact) mass is 295 g/mol. The predicted molar refractivity (Wildman–Crippen MR) is 81.8 cm³/mol. The van der Waals surface area contributed by atoms with Gasteiger partial charge in [-0.15, -0.1) is 0 Å². The molecule has 21 heavy (non-hydrogen) atoms. The Hall–Kier alpha value is -0.650. The summed E-state index contributed by atoms with van der Waals surface area (Å²) in [5.74, 6) is 1.37. The van der Waals surface area contributed by atoms with E-state index in [0.717, 1.165) is 39.1 Å². The van der Waals surface area contributed by atoms with Crippen LogP contribution in [-0.4, -0.2) is 55.2 Å². The summed E-state index contributed by atoms with van der Waals surface area (Å²) in [6.07, 6.45) is 5.90. The van der Waals surface area contributed by atoms with E-state index in [-0.39, 0.29) is 11.9 Å². The minimum atomic E-state index is -0.0507. The molecule has 0 radical (unpaired) electrons. The number of hydrogen-bond donors (Lipinski definition) is 2. The number of carbonyl (C=O) groups is 1. The molecule has 0 spiro atoms. The Bertz CT molecular complexity index is 357. The first-order valence-corrected chi connectivity index (χ1v) is 8.53. The van der Waals surface area contributed by atoms with Crippen LogP contribution in [0.3, 0.4) is 0 Å². The van der Waals surface area contributed by atoms with Gasteiger partial charge in [-0.1, -0.05) is 6.42 Å². The molecule has 1 amide bonds. The normalized spacial score (nSPS) is 38.8. The van der Waals surface area contributed by atoms with Crippen LogP contribution in [0, 0.1) is 11.8 Å². The maximum atomic E-state index is 12.6. The average Bonchev–Trinajstić information content (AvgIpc) is 2.48. The molecule has 120 valence electrons. The van der Waals surface area contributed by atoms with E-state index in [2.05, 4.69) is 10.2 Å². The van der Waals surface area contributed by atoms with Gasteiger partial charge in [0.2, 0.25) is 5.91 Å². The first-order valence-electron chi connectivity index (χ1n) is 8.53. The minimum Gasteiger partial charge on any atom is -0.379 e. The SMILES string of the molecule is CC(C(=O)NC1C2CCCC1CC(N)C2)N1CCOCC1. The molecule has 3 rings (SSSR count). The summed E-state index contributed by atoms with van der Waals surface area (Å²) in [6, 6.07) is 0.643. The highest BCUT2D eigenvalue weighted by Gasteiger charge is 2.40. The Balaban J connectivity index is 1.58. The second kappa shape index (κ2) is 6.63. The lowest BCUT2D eigenvalue weighted by molar-refractivity contribution is -0.129. The van der Waals surface area contributed by atoms with Crippen LogP contribution in [0.4, 0.5) is 0 Å². The van der Waals surface area contributed by atoms with Gasteiger partial charge in [0.05, 0.1) is 19.3 Å². The van der Waals surface area contributed by atoms with E-state index in [1.54, 1.807) is 0 Å². The topological polar surface area (TPSA) is 67.6 Å². The number of morpholine rings is 1. The summed E-state index contributed by atoms with van der Waals surface area (Å²) >= 11 is 0. The van der Waals surface area contributed by atoms with E-state index >= 15 is 0 Å². The molecule has 2 bridgehead atoms. The van der Waals surface area contributed by atoms with Crippen molar-refractivity contribution in [1.29, 1.82) is 0 Å². The van der Waals surface area contributed by atoms with E-state index in [1.807, 2.05) is 6.92 Å². The Morgan fingerprint density at radius 1 is 1.24 bits per heavy atom. The average molecular weight is 295 g/mol. The van der Waals surface area contributed by atoms with E-state index in [0.29, 0.717) is 23.9 Å². The van der Waals surface area contributed by atoms with Gasteiger partial charge in [0.1, 0.15) is 0 Å². The maximum absolute atomic E-state index is 12.6. The number of nitrogens with two attached hydrogens (primary N) is 1. The number of ether oxygens (including phenoxy) is 1. The summed E-state index contributed by atoms with van der Waals surface area (Å²) in [4.78, 5) is 14.8. The lowest BCUT2D eigenvalue weighted by atomic mass is 9.67. The van der Waals surface area contributed by atoms with Crippen molar-refractivity contribution in [3.8, 4) is 0 Å². The molecule has 3 fully saturated rings. The second-order valence-electron chi connectivity index (χ2n) is 7.04. The van der Waals surface area contributed by atoms with Crippen molar-refractivity contribution >= 4 is 5.91 Å². The number of nitrogens with one attached hydrogen (secondary N) is 1. The molecule has 0 aromatic heterocycles. The smallest absolute Gasteiger partial charge is 0.237 e. The number of carbonyl (C=O) groups excluding carboxylic acids is 1. The number of rotatable bonds is 3. The largest absolute Gasteiger partial charge is 0.379 e. The highest BCUT2D eigenvalue weighted by atomic mass is 16.5. The van der Waals surface area contributed by atoms with Crippen LogP contribution >= 0.6 is 0 Å². The van der Waals surface area contributed by atoms with Crippen molar-refractivity contribution in [2.45, 2.75) is 57.2 Å². The number of hydrogen-bond acceptors (Lipinski definition) is 4.